The highest BCUT2D eigenvalue weighted by Gasteiger charge is 2.41. The maximum absolute atomic E-state index is 12.7. The van der Waals surface area contributed by atoms with Crippen molar-refractivity contribution in [3.8, 4) is 0 Å². The molecule has 0 N–H and O–H groups in total. The van der Waals surface area contributed by atoms with Crippen molar-refractivity contribution >= 4 is 0 Å². The second-order valence-corrected chi connectivity index (χ2v) is 2.97. The van der Waals surface area contributed by atoms with E-state index in [0.29, 0.717) is 0 Å². The van der Waals surface area contributed by atoms with E-state index in [0.717, 1.165) is 6.08 Å². The van der Waals surface area contributed by atoms with Gasteiger partial charge < -0.3 is 0 Å². The molecule has 1 unspecified atom stereocenters. The third-order valence-electron chi connectivity index (χ3n) is 1.73. The maximum atomic E-state index is 12.7. The average molecular weight is 198 g/mol. The highest BCUT2D eigenvalue weighted by atomic mass is 19.4. The summed E-state index contributed by atoms with van der Waals surface area (Å²) in [5.74, 6) is -3.45. The van der Waals surface area contributed by atoms with Crippen LogP contribution in [0.2, 0.25) is 0 Å². The van der Waals surface area contributed by atoms with Gasteiger partial charge in [0.2, 0.25) is 0 Å². The van der Waals surface area contributed by atoms with Gasteiger partial charge in [-0.25, -0.2) is 8.78 Å². The first-order chi connectivity index (χ1) is 5.82. The zero-order valence-corrected chi connectivity index (χ0v) is 6.75. The Labute approximate surface area is 71.7 Å². The summed E-state index contributed by atoms with van der Waals surface area (Å²) in [5.41, 5.74) is -1.76. The van der Waals surface area contributed by atoms with E-state index in [1.54, 1.807) is 0 Å². The molecule has 0 nitrogen and oxygen atoms in total. The lowest BCUT2D eigenvalue weighted by Gasteiger charge is -2.18. The summed E-state index contributed by atoms with van der Waals surface area (Å²) in [6.45, 7) is 1.45. The number of allylic oxidation sites excluding steroid dienone is 4. The lowest BCUT2D eigenvalue weighted by atomic mass is 9.96. The van der Waals surface area contributed by atoms with Crippen LogP contribution in [-0.4, -0.2) is 6.18 Å². The van der Waals surface area contributed by atoms with Gasteiger partial charge in [0.05, 0.1) is 0 Å². The zero-order chi connectivity index (χ0) is 10.2. The highest BCUT2D eigenvalue weighted by molar-refractivity contribution is 5.36. The number of alkyl halides is 3. The minimum absolute atomic E-state index is 0.387. The van der Waals surface area contributed by atoms with Crippen LogP contribution in [0, 0.1) is 5.92 Å². The first-order valence-corrected chi connectivity index (χ1v) is 3.66. The molecule has 5 heteroatoms. The molecule has 0 spiro atoms. The van der Waals surface area contributed by atoms with Crippen LogP contribution < -0.4 is 0 Å². The normalized spacial score (nSPS) is 24.8. The fourth-order valence-electron chi connectivity index (χ4n) is 1.20. The lowest BCUT2D eigenvalue weighted by molar-refractivity contribution is -0.0936. The summed E-state index contributed by atoms with van der Waals surface area (Å²) in [6.07, 6.45) is -4.54. The monoisotopic (exact) mass is 198 g/mol. The van der Waals surface area contributed by atoms with Crippen molar-refractivity contribution in [1.29, 1.82) is 0 Å². The summed E-state index contributed by atoms with van der Waals surface area (Å²) in [5, 5.41) is 0. The lowest BCUT2D eigenvalue weighted by Crippen LogP contribution is -2.17. The SMILES string of the molecule is CC1C=C(F)C(C(F)(F)F)=C(F)C1. The van der Waals surface area contributed by atoms with Gasteiger partial charge in [-0.2, -0.15) is 13.2 Å². The van der Waals surface area contributed by atoms with E-state index >= 15 is 0 Å². The van der Waals surface area contributed by atoms with E-state index in [2.05, 4.69) is 0 Å². The maximum Gasteiger partial charge on any atom is 0.421 e. The minimum Gasteiger partial charge on any atom is -0.211 e. The number of hydrogen-bond acceptors (Lipinski definition) is 0. The molecular weight excluding hydrogens is 191 g/mol. The molecular formula is C8H7F5. The summed E-state index contributed by atoms with van der Waals surface area (Å²) < 4.78 is 61.4. The summed E-state index contributed by atoms with van der Waals surface area (Å²) in [6, 6.07) is 0. The molecule has 0 saturated carbocycles. The number of halogens is 5. The number of hydrogen-bond donors (Lipinski definition) is 0. The molecule has 1 rings (SSSR count). The molecule has 0 amide bonds. The smallest absolute Gasteiger partial charge is 0.211 e. The van der Waals surface area contributed by atoms with Crippen molar-refractivity contribution in [3.05, 3.63) is 23.3 Å². The van der Waals surface area contributed by atoms with Gasteiger partial charge in [-0.3, -0.25) is 0 Å². The van der Waals surface area contributed by atoms with Gasteiger partial charge in [-0.1, -0.05) is 6.92 Å². The van der Waals surface area contributed by atoms with Crippen LogP contribution in [-0.2, 0) is 0 Å². The molecule has 0 bridgehead atoms. The molecule has 0 aromatic carbocycles. The van der Waals surface area contributed by atoms with E-state index in [4.69, 9.17) is 0 Å². The molecule has 1 aliphatic carbocycles. The third kappa shape index (κ3) is 2.08. The van der Waals surface area contributed by atoms with Crippen LogP contribution in [0.4, 0.5) is 22.0 Å². The van der Waals surface area contributed by atoms with Gasteiger partial charge in [0, 0.05) is 6.42 Å². The number of rotatable bonds is 0. The van der Waals surface area contributed by atoms with E-state index < -0.39 is 29.3 Å². The van der Waals surface area contributed by atoms with Gasteiger partial charge in [0.1, 0.15) is 17.2 Å². The Morgan fingerprint density at radius 2 is 1.85 bits per heavy atom. The highest BCUT2D eigenvalue weighted by Crippen LogP contribution is 2.40. The van der Waals surface area contributed by atoms with Crippen molar-refractivity contribution in [3.63, 3.8) is 0 Å². The molecule has 0 fully saturated rings. The quantitative estimate of drug-likeness (QED) is 0.521. The second-order valence-electron chi connectivity index (χ2n) is 2.97. The van der Waals surface area contributed by atoms with Crippen LogP contribution in [0.25, 0.3) is 0 Å². The van der Waals surface area contributed by atoms with Crippen LogP contribution in [0.15, 0.2) is 23.3 Å². The van der Waals surface area contributed by atoms with E-state index in [-0.39, 0.29) is 6.42 Å². The van der Waals surface area contributed by atoms with Crippen LogP contribution in [0.3, 0.4) is 0 Å². The van der Waals surface area contributed by atoms with Crippen LogP contribution >= 0.6 is 0 Å². The largest absolute Gasteiger partial charge is 0.421 e. The zero-order valence-electron chi connectivity index (χ0n) is 6.75. The first-order valence-electron chi connectivity index (χ1n) is 3.66. The molecule has 1 aliphatic rings. The first kappa shape index (κ1) is 10.2. The molecule has 1 atom stereocenters. The van der Waals surface area contributed by atoms with Crippen molar-refractivity contribution in [2.24, 2.45) is 5.92 Å². The Bertz CT molecular complexity index is 271. The van der Waals surface area contributed by atoms with Gasteiger partial charge >= 0.3 is 6.18 Å². The molecule has 13 heavy (non-hydrogen) atoms. The fourth-order valence-corrected chi connectivity index (χ4v) is 1.20. The summed E-state index contributed by atoms with van der Waals surface area (Å²) >= 11 is 0. The van der Waals surface area contributed by atoms with E-state index in [1.807, 2.05) is 0 Å². The van der Waals surface area contributed by atoms with Gasteiger partial charge in [-0.15, -0.1) is 0 Å². The fraction of sp³-hybridized carbons (Fsp3) is 0.500. The van der Waals surface area contributed by atoms with E-state index in [1.165, 1.54) is 6.92 Å². The molecule has 0 aromatic heterocycles. The molecule has 0 saturated heterocycles. The van der Waals surface area contributed by atoms with Crippen LogP contribution in [0.1, 0.15) is 13.3 Å². The topological polar surface area (TPSA) is 0 Å². The summed E-state index contributed by atoms with van der Waals surface area (Å²) in [4.78, 5) is 0. The summed E-state index contributed by atoms with van der Waals surface area (Å²) in [7, 11) is 0. The second kappa shape index (κ2) is 3.12. The van der Waals surface area contributed by atoms with Crippen molar-refractivity contribution in [1.82, 2.24) is 0 Å². The molecule has 0 aromatic rings. The third-order valence-corrected chi connectivity index (χ3v) is 1.73. The predicted octanol–water partition coefficient (Wildman–Crippen LogP) is 3.67. The van der Waals surface area contributed by atoms with E-state index in [9.17, 15) is 22.0 Å². The predicted molar refractivity (Wildman–Crippen MR) is 37.2 cm³/mol. The minimum atomic E-state index is -4.94. The Morgan fingerprint density at radius 3 is 2.23 bits per heavy atom. The van der Waals surface area contributed by atoms with Crippen LogP contribution in [0.5, 0.6) is 0 Å². The Morgan fingerprint density at radius 1 is 1.31 bits per heavy atom. The molecule has 74 valence electrons. The van der Waals surface area contributed by atoms with Crippen molar-refractivity contribution in [2.75, 3.05) is 0 Å². The molecule has 0 radical (unpaired) electrons. The van der Waals surface area contributed by atoms with Gasteiger partial charge in [-0.05, 0) is 12.0 Å². The van der Waals surface area contributed by atoms with Crippen molar-refractivity contribution < 1.29 is 22.0 Å². The van der Waals surface area contributed by atoms with Crippen molar-refractivity contribution in [2.45, 2.75) is 19.5 Å². The average Bonchev–Trinajstić information content (AvgIpc) is 1.78. The van der Waals surface area contributed by atoms with Gasteiger partial charge in [0.15, 0.2) is 0 Å². The molecule has 0 heterocycles. The standard InChI is InChI=1S/C8H7F5/c1-4-2-5(9)7(6(10)3-4)8(11,12)13/h2,4H,3H2,1H3. The Balaban J connectivity index is 3.09. The Kier molecular flexibility index (Phi) is 2.45. The Hall–Kier alpha value is -0.870. The molecule has 0 aliphatic heterocycles. The van der Waals surface area contributed by atoms with Gasteiger partial charge in [0.25, 0.3) is 0 Å².